The summed E-state index contributed by atoms with van der Waals surface area (Å²) in [6, 6.07) is 5.80. The van der Waals surface area contributed by atoms with Crippen LogP contribution in [-0.2, 0) is 9.47 Å². The summed E-state index contributed by atoms with van der Waals surface area (Å²) in [5, 5.41) is 2.87. The van der Waals surface area contributed by atoms with Crippen molar-refractivity contribution in [3.63, 3.8) is 0 Å². The van der Waals surface area contributed by atoms with Crippen molar-refractivity contribution in [1.82, 2.24) is 4.90 Å². The third kappa shape index (κ3) is 3.94. The van der Waals surface area contributed by atoms with E-state index in [4.69, 9.17) is 9.47 Å². The lowest BCUT2D eigenvalue weighted by Gasteiger charge is -2.21. The Balaban J connectivity index is 1.91. The number of hydrogen-bond acceptors (Lipinski definition) is 3. The van der Waals surface area contributed by atoms with Crippen LogP contribution in [0.1, 0.15) is 11.1 Å². The quantitative estimate of drug-likeness (QED) is 0.910. The molecule has 0 radical (unpaired) electrons. The number of aryl methyl sites for hydroxylation is 2. The van der Waals surface area contributed by atoms with E-state index in [1.165, 1.54) is 0 Å². The van der Waals surface area contributed by atoms with E-state index >= 15 is 0 Å². The first-order valence-corrected chi connectivity index (χ1v) is 6.38. The van der Waals surface area contributed by atoms with E-state index < -0.39 is 0 Å². The molecule has 2 amide bonds. The van der Waals surface area contributed by atoms with Crippen molar-refractivity contribution >= 4 is 11.7 Å². The summed E-state index contributed by atoms with van der Waals surface area (Å²) in [7, 11) is 1.73. The molecule has 0 atom stereocenters. The summed E-state index contributed by atoms with van der Waals surface area (Å²) in [4.78, 5) is 13.6. The minimum absolute atomic E-state index is 0.163. The van der Waals surface area contributed by atoms with Gasteiger partial charge in [-0.05, 0) is 37.1 Å². The number of anilines is 1. The van der Waals surface area contributed by atoms with Crippen molar-refractivity contribution in [3.8, 4) is 0 Å². The van der Waals surface area contributed by atoms with E-state index in [1.54, 1.807) is 11.9 Å². The van der Waals surface area contributed by atoms with Crippen LogP contribution < -0.4 is 5.32 Å². The van der Waals surface area contributed by atoms with Crippen LogP contribution in [0.3, 0.4) is 0 Å². The van der Waals surface area contributed by atoms with Crippen molar-refractivity contribution in [2.45, 2.75) is 20.1 Å². The zero-order valence-electron chi connectivity index (χ0n) is 11.6. The number of likely N-dealkylation sites (N-methyl/N-ethyl adjacent to an activating group) is 1. The minimum Gasteiger partial charge on any atom is -0.348 e. The molecule has 0 aliphatic carbocycles. The number of benzene rings is 1. The average molecular weight is 264 g/mol. The van der Waals surface area contributed by atoms with Gasteiger partial charge in [0.05, 0.1) is 19.8 Å². The highest BCUT2D eigenvalue weighted by Crippen LogP contribution is 2.14. The molecular formula is C14H20N2O3. The van der Waals surface area contributed by atoms with Gasteiger partial charge in [-0.3, -0.25) is 0 Å². The van der Waals surface area contributed by atoms with E-state index in [1.807, 2.05) is 26.0 Å². The average Bonchev–Trinajstić information content (AvgIpc) is 2.80. The molecule has 104 valence electrons. The maximum Gasteiger partial charge on any atom is 0.321 e. The van der Waals surface area contributed by atoms with Crippen molar-refractivity contribution < 1.29 is 14.3 Å². The maximum atomic E-state index is 12.0. The van der Waals surface area contributed by atoms with Crippen LogP contribution in [0.25, 0.3) is 0 Å². The Bertz CT molecular complexity index is 436. The molecule has 5 heteroatoms. The molecule has 1 aromatic rings. The highest BCUT2D eigenvalue weighted by molar-refractivity contribution is 5.89. The van der Waals surface area contributed by atoms with Crippen molar-refractivity contribution in [2.75, 3.05) is 32.1 Å². The van der Waals surface area contributed by atoms with E-state index in [-0.39, 0.29) is 12.3 Å². The number of carbonyl (C=O) groups excluding carboxylic acids is 1. The molecule has 5 nitrogen and oxygen atoms in total. The second-order valence-electron chi connectivity index (χ2n) is 4.86. The molecule has 2 rings (SSSR count). The lowest BCUT2D eigenvalue weighted by Crippen LogP contribution is -2.37. The van der Waals surface area contributed by atoms with Crippen molar-refractivity contribution in [3.05, 3.63) is 29.3 Å². The zero-order chi connectivity index (χ0) is 13.8. The normalized spacial score (nSPS) is 15.5. The third-order valence-corrected chi connectivity index (χ3v) is 2.93. The number of rotatable bonds is 3. The number of ether oxygens (including phenoxy) is 2. The molecule has 1 N–H and O–H groups in total. The third-order valence-electron chi connectivity index (χ3n) is 2.93. The summed E-state index contributed by atoms with van der Waals surface area (Å²) in [5.74, 6) is 0. The molecular weight excluding hydrogens is 244 g/mol. The molecule has 1 aliphatic rings. The van der Waals surface area contributed by atoms with Gasteiger partial charge in [0.25, 0.3) is 0 Å². The predicted molar refractivity (Wildman–Crippen MR) is 73.3 cm³/mol. The van der Waals surface area contributed by atoms with Gasteiger partial charge in [0.1, 0.15) is 0 Å². The molecule has 0 aromatic heterocycles. The summed E-state index contributed by atoms with van der Waals surface area (Å²) in [6.07, 6.45) is -0.310. The van der Waals surface area contributed by atoms with Gasteiger partial charge in [0, 0.05) is 12.7 Å². The van der Waals surface area contributed by atoms with Gasteiger partial charge in [0.2, 0.25) is 0 Å². The van der Waals surface area contributed by atoms with Gasteiger partial charge in [-0.1, -0.05) is 6.07 Å². The molecule has 1 fully saturated rings. The van der Waals surface area contributed by atoms with Gasteiger partial charge in [0.15, 0.2) is 6.29 Å². The lowest BCUT2D eigenvalue weighted by molar-refractivity contribution is -0.0518. The number of nitrogens with one attached hydrogen (secondary N) is 1. The van der Waals surface area contributed by atoms with Crippen LogP contribution in [0.15, 0.2) is 18.2 Å². The molecule has 0 saturated carbocycles. The van der Waals surface area contributed by atoms with Gasteiger partial charge >= 0.3 is 6.03 Å². The van der Waals surface area contributed by atoms with Gasteiger partial charge < -0.3 is 19.7 Å². The summed E-state index contributed by atoms with van der Waals surface area (Å²) < 4.78 is 10.6. The van der Waals surface area contributed by atoms with Crippen LogP contribution in [0, 0.1) is 13.8 Å². The Kier molecular flexibility index (Phi) is 4.39. The second-order valence-corrected chi connectivity index (χ2v) is 4.86. The standard InChI is InChI=1S/C14H20N2O3/c1-10-6-11(2)8-12(7-10)15-14(17)16(3)9-13-18-4-5-19-13/h6-8,13H,4-5,9H2,1-3H3,(H,15,17). The zero-order valence-corrected chi connectivity index (χ0v) is 11.6. The van der Waals surface area contributed by atoms with Crippen molar-refractivity contribution in [1.29, 1.82) is 0 Å². The van der Waals surface area contributed by atoms with E-state index in [9.17, 15) is 4.79 Å². The van der Waals surface area contributed by atoms with Crippen molar-refractivity contribution in [2.24, 2.45) is 0 Å². The number of carbonyl (C=O) groups is 1. The number of amides is 2. The molecule has 1 aliphatic heterocycles. The van der Waals surface area contributed by atoms with Crippen LogP contribution in [0.2, 0.25) is 0 Å². The molecule has 0 spiro atoms. The highest BCUT2D eigenvalue weighted by atomic mass is 16.7. The van der Waals surface area contributed by atoms with Gasteiger partial charge in [-0.25, -0.2) is 4.79 Å². The highest BCUT2D eigenvalue weighted by Gasteiger charge is 2.20. The van der Waals surface area contributed by atoms with E-state index in [0.717, 1.165) is 16.8 Å². The summed E-state index contributed by atoms with van der Waals surface area (Å²) in [5.41, 5.74) is 3.06. The first-order valence-electron chi connectivity index (χ1n) is 6.38. The summed E-state index contributed by atoms with van der Waals surface area (Å²) >= 11 is 0. The molecule has 1 aromatic carbocycles. The largest absolute Gasteiger partial charge is 0.348 e. The summed E-state index contributed by atoms with van der Waals surface area (Å²) in [6.45, 7) is 5.63. The Morgan fingerprint density at radius 3 is 2.42 bits per heavy atom. The number of nitrogens with zero attached hydrogens (tertiary/aromatic N) is 1. The Hall–Kier alpha value is -1.59. The molecule has 1 saturated heterocycles. The lowest BCUT2D eigenvalue weighted by atomic mass is 10.1. The Labute approximate surface area is 113 Å². The van der Waals surface area contributed by atoms with E-state index in [0.29, 0.717) is 19.8 Å². The Morgan fingerprint density at radius 2 is 1.84 bits per heavy atom. The first kappa shape index (κ1) is 13.8. The van der Waals surface area contributed by atoms with Gasteiger partial charge in [-0.15, -0.1) is 0 Å². The van der Waals surface area contributed by atoms with Crippen LogP contribution in [0.5, 0.6) is 0 Å². The molecule has 1 heterocycles. The monoisotopic (exact) mass is 264 g/mol. The molecule has 0 unspecified atom stereocenters. The second kappa shape index (κ2) is 6.04. The van der Waals surface area contributed by atoms with Crippen LogP contribution in [0.4, 0.5) is 10.5 Å². The smallest absolute Gasteiger partial charge is 0.321 e. The first-order chi connectivity index (χ1) is 9.04. The van der Waals surface area contributed by atoms with Gasteiger partial charge in [-0.2, -0.15) is 0 Å². The number of hydrogen-bond donors (Lipinski definition) is 1. The maximum absolute atomic E-state index is 12.0. The molecule has 19 heavy (non-hydrogen) atoms. The number of urea groups is 1. The predicted octanol–water partition coefficient (Wildman–Crippen LogP) is 2.14. The Morgan fingerprint density at radius 1 is 1.26 bits per heavy atom. The molecule has 0 bridgehead atoms. The minimum atomic E-state index is -0.310. The van der Waals surface area contributed by atoms with Crippen LogP contribution >= 0.6 is 0 Å². The topological polar surface area (TPSA) is 50.8 Å². The fraction of sp³-hybridized carbons (Fsp3) is 0.500. The van der Waals surface area contributed by atoms with Crippen LogP contribution in [-0.4, -0.2) is 44.0 Å². The fourth-order valence-electron chi connectivity index (χ4n) is 2.08. The SMILES string of the molecule is Cc1cc(C)cc(NC(=O)N(C)CC2OCCO2)c1. The fourth-order valence-corrected chi connectivity index (χ4v) is 2.08. The van der Waals surface area contributed by atoms with E-state index in [2.05, 4.69) is 11.4 Å².